The molecular formula is C18H14Cl2F3N5OS. The van der Waals surface area contributed by atoms with Crippen LogP contribution < -0.4 is 11.2 Å². The van der Waals surface area contributed by atoms with Gasteiger partial charge in [-0.3, -0.25) is 4.79 Å². The number of carbonyl (C=O) groups is 1. The van der Waals surface area contributed by atoms with Gasteiger partial charge in [0.1, 0.15) is 0 Å². The van der Waals surface area contributed by atoms with Crippen LogP contribution in [-0.2, 0) is 11.0 Å². The van der Waals surface area contributed by atoms with Crippen molar-refractivity contribution in [2.24, 2.45) is 0 Å². The van der Waals surface area contributed by atoms with Gasteiger partial charge in [0, 0.05) is 10.6 Å². The minimum Gasteiger partial charge on any atom is -0.335 e. The number of amides is 1. The van der Waals surface area contributed by atoms with Gasteiger partial charge in [-0.25, -0.2) is 4.68 Å². The molecule has 0 aliphatic rings. The lowest BCUT2D eigenvalue weighted by atomic mass is 10.2. The van der Waals surface area contributed by atoms with Crippen LogP contribution in [0.2, 0.25) is 10.0 Å². The Bertz CT molecular complexity index is 1090. The Morgan fingerprint density at radius 3 is 2.60 bits per heavy atom. The van der Waals surface area contributed by atoms with Gasteiger partial charge in [0.15, 0.2) is 5.82 Å². The molecule has 3 N–H and O–H groups in total. The maximum atomic E-state index is 12.9. The second-order valence-electron chi connectivity index (χ2n) is 6.13. The fraction of sp³-hybridized carbons (Fsp3) is 0.167. The highest BCUT2D eigenvalue weighted by molar-refractivity contribution is 8.00. The van der Waals surface area contributed by atoms with E-state index in [0.717, 1.165) is 30.0 Å². The molecule has 0 bridgehead atoms. The molecule has 3 rings (SSSR count). The lowest BCUT2D eigenvalue weighted by Gasteiger charge is -2.14. The van der Waals surface area contributed by atoms with Crippen LogP contribution in [0.3, 0.4) is 0 Å². The number of carbonyl (C=O) groups excluding carboxylic acids is 1. The van der Waals surface area contributed by atoms with Crippen LogP contribution in [0.4, 0.5) is 18.9 Å². The molecule has 1 heterocycles. The van der Waals surface area contributed by atoms with E-state index >= 15 is 0 Å². The highest BCUT2D eigenvalue weighted by Gasteiger charge is 2.31. The topological polar surface area (TPSA) is 85.8 Å². The first kappa shape index (κ1) is 22.3. The van der Waals surface area contributed by atoms with E-state index in [4.69, 9.17) is 29.0 Å². The summed E-state index contributed by atoms with van der Waals surface area (Å²) in [6.07, 6.45) is -4.56. The largest absolute Gasteiger partial charge is 0.416 e. The fourth-order valence-corrected chi connectivity index (χ4v) is 3.55. The van der Waals surface area contributed by atoms with Crippen LogP contribution in [-0.4, -0.2) is 26.0 Å². The first-order valence-corrected chi connectivity index (χ1v) is 10.0. The van der Waals surface area contributed by atoms with Crippen molar-refractivity contribution in [1.82, 2.24) is 14.9 Å². The number of nitrogens with zero attached hydrogens (tertiary/aromatic N) is 3. The van der Waals surface area contributed by atoms with Crippen LogP contribution in [0.25, 0.3) is 11.4 Å². The van der Waals surface area contributed by atoms with Gasteiger partial charge in [0.25, 0.3) is 0 Å². The first-order chi connectivity index (χ1) is 14.1. The number of nitrogens with one attached hydrogen (secondary N) is 1. The molecule has 0 saturated carbocycles. The Morgan fingerprint density at radius 1 is 1.20 bits per heavy atom. The highest BCUT2D eigenvalue weighted by atomic mass is 35.5. The van der Waals surface area contributed by atoms with Crippen LogP contribution in [0.1, 0.15) is 12.5 Å². The van der Waals surface area contributed by atoms with E-state index < -0.39 is 22.9 Å². The molecule has 1 amide bonds. The van der Waals surface area contributed by atoms with E-state index in [1.54, 1.807) is 31.2 Å². The minimum absolute atomic E-state index is 0.0150. The molecule has 0 aliphatic carbocycles. The quantitative estimate of drug-likeness (QED) is 0.395. The van der Waals surface area contributed by atoms with E-state index in [1.165, 1.54) is 4.68 Å². The van der Waals surface area contributed by atoms with Crippen molar-refractivity contribution in [2.75, 3.05) is 11.2 Å². The summed E-state index contributed by atoms with van der Waals surface area (Å²) in [5.41, 5.74) is -0.426. The smallest absolute Gasteiger partial charge is 0.335 e. The minimum atomic E-state index is -4.56. The lowest BCUT2D eigenvalue weighted by molar-refractivity contribution is -0.137. The number of rotatable bonds is 5. The van der Waals surface area contributed by atoms with Crippen molar-refractivity contribution in [3.8, 4) is 11.4 Å². The average Bonchev–Trinajstić information content (AvgIpc) is 3.03. The molecule has 30 heavy (non-hydrogen) atoms. The Labute approximate surface area is 183 Å². The summed E-state index contributed by atoms with van der Waals surface area (Å²) in [5, 5.41) is 10.3. The summed E-state index contributed by atoms with van der Waals surface area (Å²) in [7, 11) is 0. The molecule has 1 aromatic heterocycles. The number of alkyl halides is 3. The zero-order chi connectivity index (χ0) is 22.1. The molecule has 3 aromatic rings. The lowest BCUT2D eigenvalue weighted by Crippen LogP contribution is -2.24. The third-order valence-corrected chi connectivity index (χ3v) is 5.57. The summed E-state index contributed by atoms with van der Waals surface area (Å²) in [4.78, 5) is 12.5. The fourth-order valence-electron chi connectivity index (χ4n) is 2.43. The summed E-state index contributed by atoms with van der Waals surface area (Å²) >= 11 is 12.9. The van der Waals surface area contributed by atoms with E-state index in [1.807, 2.05) is 0 Å². The summed E-state index contributed by atoms with van der Waals surface area (Å²) < 4.78 is 39.9. The van der Waals surface area contributed by atoms with E-state index in [2.05, 4.69) is 15.5 Å². The summed E-state index contributed by atoms with van der Waals surface area (Å²) in [5.74, 6) is 5.79. The normalized spacial score (nSPS) is 12.6. The van der Waals surface area contributed by atoms with E-state index in [9.17, 15) is 18.0 Å². The number of benzene rings is 2. The molecule has 0 fully saturated rings. The van der Waals surface area contributed by atoms with Gasteiger partial charge < -0.3 is 11.2 Å². The number of halogens is 5. The highest BCUT2D eigenvalue weighted by Crippen LogP contribution is 2.34. The molecule has 0 unspecified atom stereocenters. The van der Waals surface area contributed by atoms with Crippen LogP contribution >= 0.6 is 35.0 Å². The Morgan fingerprint density at radius 2 is 1.93 bits per heavy atom. The molecular weight excluding hydrogens is 462 g/mol. The van der Waals surface area contributed by atoms with Crippen molar-refractivity contribution >= 4 is 46.6 Å². The number of anilines is 1. The van der Waals surface area contributed by atoms with Crippen LogP contribution in [0, 0.1) is 0 Å². The zero-order valence-electron chi connectivity index (χ0n) is 15.2. The predicted octanol–water partition coefficient (Wildman–Crippen LogP) is 5.10. The number of nitrogens with two attached hydrogens (primary N) is 1. The first-order valence-electron chi connectivity index (χ1n) is 8.37. The van der Waals surface area contributed by atoms with Crippen molar-refractivity contribution in [3.05, 3.63) is 58.1 Å². The van der Waals surface area contributed by atoms with Gasteiger partial charge in [-0.2, -0.15) is 13.2 Å². The van der Waals surface area contributed by atoms with E-state index in [-0.39, 0.29) is 15.9 Å². The van der Waals surface area contributed by atoms with Gasteiger partial charge in [0.05, 0.1) is 21.5 Å². The second kappa shape index (κ2) is 8.75. The zero-order valence-corrected chi connectivity index (χ0v) is 17.6. The van der Waals surface area contributed by atoms with Gasteiger partial charge in [-0.15, -0.1) is 10.2 Å². The third kappa shape index (κ3) is 5.00. The van der Waals surface area contributed by atoms with Crippen molar-refractivity contribution in [3.63, 3.8) is 0 Å². The third-order valence-electron chi connectivity index (χ3n) is 3.95. The monoisotopic (exact) mass is 475 g/mol. The molecule has 2 aromatic carbocycles. The summed E-state index contributed by atoms with van der Waals surface area (Å²) in [6, 6.07) is 9.53. The molecule has 1 atom stereocenters. The van der Waals surface area contributed by atoms with E-state index in [0.29, 0.717) is 16.4 Å². The van der Waals surface area contributed by atoms with Gasteiger partial charge in [0.2, 0.25) is 11.1 Å². The molecule has 6 nitrogen and oxygen atoms in total. The van der Waals surface area contributed by atoms with Crippen LogP contribution in [0.15, 0.2) is 47.6 Å². The molecule has 0 saturated heterocycles. The van der Waals surface area contributed by atoms with Gasteiger partial charge in [-0.05, 0) is 37.3 Å². The van der Waals surface area contributed by atoms with Crippen molar-refractivity contribution in [1.29, 1.82) is 0 Å². The van der Waals surface area contributed by atoms with Crippen molar-refractivity contribution in [2.45, 2.75) is 23.5 Å². The molecule has 0 radical (unpaired) electrons. The average molecular weight is 476 g/mol. The molecule has 158 valence electrons. The Balaban J connectivity index is 1.74. The summed E-state index contributed by atoms with van der Waals surface area (Å²) in [6.45, 7) is 1.55. The van der Waals surface area contributed by atoms with Gasteiger partial charge >= 0.3 is 6.18 Å². The Kier molecular flexibility index (Phi) is 6.49. The molecule has 12 heteroatoms. The SMILES string of the molecule is C[C@@H](Sc1nnc(-c2cccc(Cl)c2)n1N)C(=O)Nc1cc(C(F)(F)F)ccc1Cl. The van der Waals surface area contributed by atoms with Crippen LogP contribution in [0.5, 0.6) is 0 Å². The maximum Gasteiger partial charge on any atom is 0.416 e. The van der Waals surface area contributed by atoms with Crippen molar-refractivity contribution < 1.29 is 18.0 Å². The Hall–Kier alpha value is -2.43. The number of hydrogen-bond donors (Lipinski definition) is 2. The van der Waals surface area contributed by atoms with Gasteiger partial charge in [-0.1, -0.05) is 47.1 Å². The second-order valence-corrected chi connectivity index (χ2v) is 8.28. The maximum absolute atomic E-state index is 12.9. The number of hydrogen-bond acceptors (Lipinski definition) is 5. The number of aromatic nitrogens is 3. The number of nitrogen functional groups attached to an aromatic ring is 1. The molecule has 0 spiro atoms. The standard InChI is InChI=1S/C18H14Cl2F3N5OS/c1-9(16(29)25-14-8-11(18(21,22)23)5-6-13(14)20)30-17-27-26-15(28(17)24)10-3-2-4-12(19)7-10/h2-9H,24H2,1H3,(H,25,29)/t9-/m1/s1. The number of thioether (sulfide) groups is 1. The molecule has 0 aliphatic heterocycles. The predicted molar refractivity (Wildman–Crippen MR) is 111 cm³/mol.